The number of sulfone groups is 1. The molecule has 20 heavy (non-hydrogen) atoms. The van der Waals surface area contributed by atoms with Crippen LogP contribution < -0.4 is 4.74 Å². The molecule has 1 N–H and O–H groups in total. The lowest BCUT2D eigenvalue weighted by molar-refractivity contribution is -0.147. The highest BCUT2D eigenvalue weighted by atomic mass is 32.2. The highest BCUT2D eigenvalue weighted by Crippen LogP contribution is 2.37. The van der Waals surface area contributed by atoms with E-state index in [9.17, 15) is 22.7 Å². The van der Waals surface area contributed by atoms with E-state index in [0.717, 1.165) is 6.07 Å². The third-order valence-electron chi connectivity index (χ3n) is 3.63. The van der Waals surface area contributed by atoms with Gasteiger partial charge in [0.05, 0.1) is 24.0 Å². The molecule has 1 unspecified atom stereocenters. The van der Waals surface area contributed by atoms with Crippen molar-refractivity contribution in [1.82, 2.24) is 0 Å². The highest BCUT2D eigenvalue weighted by Gasteiger charge is 2.48. The molecule has 0 amide bonds. The van der Waals surface area contributed by atoms with E-state index in [2.05, 4.69) is 0 Å². The maximum absolute atomic E-state index is 13.9. The van der Waals surface area contributed by atoms with Crippen molar-refractivity contribution < 1.29 is 27.4 Å². The van der Waals surface area contributed by atoms with Crippen molar-refractivity contribution in [1.29, 1.82) is 0 Å². The molecule has 0 bridgehead atoms. The Morgan fingerprint density at radius 2 is 2.20 bits per heavy atom. The molecule has 0 aliphatic carbocycles. The van der Waals surface area contributed by atoms with Crippen molar-refractivity contribution in [3.63, 3.8) is 0 Å². The van der Waals surface area contributed by atoms with Crippen LogP contribution in [0.25, 0.3) is 0 Å². The van der Waals surface area contributed by atoms with E-state index in [4.69, 9.17) is 4.74 Å². The molecule has 7 heteroatoms. The van der Waals surface area contributed by atoms with E-state index in [1.807, 2.05) is 0 Å². The van der Waals surface area contributed by atoms with Crippen molar-refractivity contribution in [2.75, 3.05) is 18.6 Å². The fourth-order valence-corrected chi connectivity index (χ4v) is 4.52. The fourth-order valence-electron chi connectivity index (χ4n) is 2.46. The quantitative estimate of drug-likeness (QED) is 0.906. The lowest BCUT2D eigenvalue weighted by atomic mass is 9.81. The van der Waals surface area contributed by atoms with Crippen LogP contribution in [0.2, 0.25) is 0 Å². The lowest BCUT2D eigenvalue weighted by Crippen LogP contribution is -2.35. The number of methoxy groups -OCH3 is 1. The minimum absolute atomic E-state index is 0.0101. The number of benzene rings is 1. The summed E-state index contributed by atoms with van der Waals surface area (Å²) in [6.07, 6.45) is -0.131. The van der Waals surface area contributed by atoms with Crippen molar-refractivity contribution >= 4 is 15.8 Å². The first-order valence-electron chi connectivity index (χ1n) is 6.04. The second-order valence-corrected chi connectivity index (χ2v) is 7.25. The standard InChI is InChI=1S/C13H15FO5S/c1-19-10-3-2-9(11(14)6-10)7-13(12(15)16)4-5-20(17,18)8-13/h2-3,6H,4-5,7-8H2,1H3,(H,15,16). The Bertz CT molecular complexity index is 640. The number of hydrogen-bond donors (Lipinski definition) is 1. The Morgan fingerprint density at radius 1 is 1.50 bits per heavy atom. The molecule has 1 saturated heterocycles. The van der Waals surface area contributed by atoms with E-state index < -0.39 is 32.8 Å². The topological polar surface area (TPSA) is 80.7 Å². The SMILES string of the molecule is COc1ccc(CC2(C(=O)O)CCS(=O)(=O)C2)c(F)c1. The fraction of sp³-hybridized carbons (Fsp3) is 0.462. The van der Waals surface area contributed by atoms with Crippen LogP contribution >= 0.6 is 0 Å². The first-order valence-corrected chi connectivity index (χ1v) is 7.86. The normalized spacial score (nSPS) is 24.5. The summed E-state index contributed by atoms with van der Waals surface area (Å²) in [5.41, 5.74) is -1.25. The molecule has 1 aromatic rings. The summed E-state index contributed by atoms with van der Waals surface area (Å²) >= 11 is 0. The molecular weight excluding hydrogens is 287 g/mol. The van der Waals surface area contributed by atoms with Gasteiger partial charge in [-0.2, -0.15) is 0 Å². The van der Waals surface area contributed by atoms with Gasteiger partial charge in [0.1, 0.15) is 11.6 Å². The van der Waals surface area contributed by atoms with Crippen LogP contribution in [-0.4, -0.2) is 38.1 Å². The van der Waals surface area contributed by atoms with E-state index in [-0.39, 0.29) is 24.2 Å². The van der Waals surface area contributed by atoms with Crippen LogP contribution in [0.3, 0.4) is 0 Å². The number of aliphatic carboxylic acids is 1. The summed E-state index contributed by atoms with van der Waals surface area (Å²) in [6.45, 7) is 0. The molecule has 110 valence electrons. The van der Waals surface area contributed by atoms with Gasteiger partial charge in [-0.05, 0) is 24.5 Å². The molecule has 1 fully saturated rings. The second-order valence-electron chi connectivity index (χ2n) is 5.06. The average Bonchev–Trinajstić information content (AvgIpc) is 2.69. The van der Waals surface area contributed by atoms with Crippen LogP contribution in [0.5, 0.6) is 5.75 Å². The summed E-state index contributed by atoms with van der Waals surface area (Å²) in [5, 5.41) is 9.34. The van der Waals surface area contributed by atoms with E-state index in [1.165, 1.54) is 19.2 Å². The highest BCUT2D eigenvalue weighted by molar-refractivity contribution is 7.91. The lowest BCUT2D eigenvalue weighted by Gasteiger charge is -2.22. The zero-order valence-electron chi connectivity index (χ0n) is 10.9. The van der Waals surface area contributed by atoms with Crippen LogP contribution in [0, 0.1) is 11.2 Å². The maximum atomic E-state index is 13.9. The van der Waals surface area contributed by atoms with Gasteiger partial charge in [0.15, 0.2) is 9.84 Å². The number of rotatable bonds is 4. The Labute approximate surface area is 116 Å². The van der Waals surface area contributed by atoms with Gasteiger partial charge in [-0.1, -0.05) is 6.07 Å². The van der Waals surface area contributed by atoms with Crippen molar-refractivity contribution in [3.8, 4) is 5.75 Å². The van der Waals surface area contributed by atoms with Crippen LogP contribution in [0.15, 0.2) is 18.2 Å². The third-order valence-corrected chi connectivity index (χ3v) is 5.45. The minimum atomic E-state index is -3.37. The smallest absolute Gasteiger partial charge is 0.311 e. The molecule has 0 radical (unpaired) electrons. The number of ether oxygens (including phenoxy) is 1. The van der Waals surface area contributed by atoms with Gasteiger partial charge in [-0.25, -0.2) is 12.8 Å². The third kappa shape index (κ3) is 2.77. The predicted octanol–water partition coefficient (Wildman–Crippen LogP) is 1.27. The number of halogens is 1. The molecule has 5 nitrogen and oxygen atoms in total. The molecule has 0 aromatic heterocycles. The average molecular weight is 302 g/mol. The van der Waals surface area contributed by atoms with Gasteiger partial charge < -0.3 is 9.84 Å². The number of hydrogen-bond acceptors (Lipinski definition) is 4. The van der Waals surface area contributed by atoms with Crippen molar-refractivity contribution in [2.45, 2.75) is 12.8 Å². The Kier molecular flexibility index (Phi) is 3.73. The summed E-state index contributed by atoms with van der Waals surface area (Å²) in [7, 11) is -1.97. The molecule has 1 heterocycles. The first kappa shape index (κ1) is 14.8. The number of carbonyl (C=O) groups is 1. The Balaban J connectivity index is 2.33. The minimum Gasteiger partial charge on any atom is -0.497 e. The van der Waals surface area contributed by atoms with Crippen LogP contribution in [0.1, 0.15) is 12.0 Å². The van der Waals surface area contributed by atoms with E-state index in [1.54, 1.807) is 0 Å². The van der Waals surface area contributed by atoms with Crippen LogP contribution in [0.4, 0.5) is 4.39 Å². The van der Waals surface area contributed by atoms with Gasteiger partial charge in [-0.15, -0.1) is 0 Å². The Morgan fingerprint density at radius 3 is 2.65 bits per heavy atom. The second kappa shape index (κ2) is 5.05. The summed E-state index contributed by atoms with van der Waals surface area (Å²) in [6, 6.07) is 4.12. The van der Waals surface area contributed by atoms with Crippen molar-refractivity contribution in [3.05, 3.63) is 29.6 Å². The number of carboxylic acids is 1. The largest absolute Gasteiger partial charge is 0.497 e. The predicted molar refractivity (Wildman–Crippen MR) is 70.0 cm³/mol. The molecule has 1 atom stereocenters. The first-order chi connectivity index (χ1) is 9.28. The molecule has 1 aliphatic rings. The zero-order chi connectivity index (χ0) is 15.0. The molecule has 1 aliphatic heterocycles. The molecule has 1 aromatic carbocycles. The van der Waals surface area contributed by atoms with Gasteiger partial charge in [0.25, 0.3) is 0 Å². The molecule has 0 saturated carbocycles. The van der Waals surface area contributed by atoms with Crippen molar-refractivity contribution in [2.24, 2.45) is 5.41 Å². The van der Waals surface area contributed by atoms with Gasteiger partial charge in [-0.3, -0.25) is 4.79 Å². The van der Waals surface area contributed by atoms with E-state index in [0.29, 0.717) is 5.75 Å². The van der Waals surface area contributed by atoms with Gasteiger partial charge in [0, 0.05) is 6.07 Å². The summed E-state index contributed by atoms with van der Waals surface area (Å²) in [4.78, 5) is 11.4. The molecular formula is C13H15FO5S. The summed E-state index contributed by atoms with van der Waals surface area (Å²) < 4.78 is 41.9. The van der Waals surface area contributed by atoms with E-state index >= 15 is 0 Å². The van der Waals surface area contributed by atoms with Gasteiger partial charge in [0.2, 0.25) is 0 Å². The van der Waals surface area contributed by atoms with Gasteiger partial charge >= 0.3 is 5.97 Å². The molecule has 0 spiro atoms. The number of carboxylic acid groups (broad SMARTS) is 1. The maximum Gasteiger partial charge on any atom is 0.311 e. The summed E-state index contributed by atoms with van der Waals surface area (Å²) in [5.74, 6) is -2.07. The Hall–Kier alpha value is -1.63. The van der Waals surface area contributed by atoms with Crippen LogP contribution in [-0.2, 0) is 21.1 Å². The monoisotopic (exact) mass is 302 g/mol. The molecule has 2 rings (SSSR count). The zero-order valence-corrected chi connectivity index (χ0v) is 11.7.